The topological polar surface area (TPSA) is 38.8 Å². The van der Waals surface area contributed by atoms with Gasteiger partial charge in [-0.25, -0.2) is 0 Å². The number of carbonyl (C=O) groups excluding carboxylic acids is 1. The van der Waals surface area contributed by atoms with E-state index in [-0.39, 0.29) is 22.8 Å². The van der Waals surface area contributed by atoms with E-state index in [2.05, 4.69) is 0 Å². The Morgan fingerprint density at radius 3 is 2.53 bits per heavy atom. The summed E-state index contributed by atoms with van der Waals surface area (Å²) in [6, 6.07) is 0. The van der Waals surface area contributed by atoms with Crippen LogP contribution in [-0.2, 0) is 14.3 Å². The minimum atomic E-state index is -0.269. The lowest BCUT2D eigenvalue weighted by molar-refractivity contribution is -0.141. The van der Waals surface area contributed by atoms with Crippen LogP contribution in [0.5, 0.6) is 0 Å². The highest BCUT2D eigenvalue weighted by Gasteiger charge is 2.43. The minimum Gasteiger partial charge on any atom is -0.382 e. The van der Waals surface area contributed by atoms with Crippen LogP contribution in [0.4, 0.5) is 0 Å². The Morgan fingerprint density at radius 1 is 1.37 bits per heavy atom. The molecule has 0 N–H and O–H groups in total. The molecule has 2 fully saturated rings. The third kappa shape index (κ3) is 3.29. The summed E-state index contributed by atoms with van der Waals surface area (Å²) < 4.78 is 11.0. The summed E-state index contributed by atoms with van der Waals surface area (Å²) in [6.45, 7) is 9.25. The quantitative estimate of drug-likeness (QED) is 0.770. The van der Waals surface area contributed by atoms with Crippen LogP contribution in [0, 0.1) is 10.8 Å². The lowest BCUT2D eigenvalue weighted by Crippen LogP contribution is -2.47. The van der Waals surface area contributed by atoms with Gasteiger partial charge in [-0.3, -0.25) is 4.79 Å². The average Bonchev–Trinajstić information content (AvgIpc) is 2.72. The van der Waals surface area contributed by atoms with Crippen molar-refractivity contribution in [2.24, 2.45) is 10.8 Å². The van der Waals surface area contributed by atoms with Crippen LogP contribution in [0.1, 0.15) is 40.0 Å². The molecule has 4 nitrogen and oxygen atoms in total. The van der Waals surface area contributed by atoms with E-state index < -0.39 is 0 Å². The predicted molar refractivity (Wildman–Crippen MR) is 73.9 cm³/mol. The van der Waals surface area contributed by atoms with Crippen molar-refractivity contribution in [3.05, 3.63) is 0 Å². The van der Waals surface area contributed by atoms with Crippen molar-refractivity contribution in [3.8, 4) is 0 Å². The van der Waals surface area contributed by atoms with E-state index in [0.29, 0.717) is 6.61 Å². The fourth-order valence-electron chi connectivity index (χ4n) is 3.20. The lowest BCUT2D eigenvalue weighted by atomic mass is 9.76. The van der Waals surface area contributed by atoms with Gasteiger partial charge in [0.2, 0.25) is 5.91 Å². The molecule has 0 aromatic heterocycles. The molecule has 4 heteroatoms. The molecule has 2 aliphatic heterocycles. The summed E-state index contributed by atoms with van der Waals surface area (Å²) in [4.78, 5) is 14.3. The molecule has 1 amide bonds. The smallest absolute Gasteiger partial charge is 0.227 e. The monoisotopic (exact) mass is 269 g/mol. The first-order valence-electron chi connectivity index (χ1n) is 7.26. The fourth-order valence-corrected chi connectivity index (χ4v) is 3.20. The number of carbonyl (C=O) groups is 1. The molecule has 2 aliphatic rings. The van der Waals surface area contributed by atoms with Gasteiger partial charge in [0, 0.05) is 25.6 Å². The van der Waals surface area contributed by atoms with Crippen molar-refractivity contribution in [2.75, 3.05) is 33.4 Å². The van der Waals surface area contributed by atoms with Crippen LogP contribution < -0.4 is 0 Å². The second kappa shape index (κ2) is 5.41. The van der Waals surface area contributed by atoms with Crippen LogP contribution in [0.3, 0.4) is 0 Å². The van der Waals surface area contributed by atoms with E-state index in [0.717, 1.165) is 39.0 Å². The Balaban J connectivity index is 1.88. The third-order valence-electron chi connectivity index (χ3n) is 4.39. The van der Waals surface area contributed by atoms with Crippen LogP contribution in [0.2, 0.25) is 0 Å². The number of hydrogen-bond donors (Lipinski definition) is 0. The maximum absolute atomic E-state index is 12.3. The third-order valence-corrected chi connectivity index (χ3v) is 4.39. The van der Waals surface area contributed by atoms with E-state index in [1.165, 1.54) is 0 Å². The highest BCUT2D eigenvalue weighted by molar-refractivity contribution is 5.81. The maximum atomic E-state index is 12.3. The zero-order chi connectivity index (χ0) is 14.1. The molecule has 2 heterocycles. The average molecular weight is 269 g/mol. The molecule has 2 saturated heterocycles. The molecule has 0 bridgehead atoms. The van der Waals surface area contributed by atoms with Crippen molar-refractivity contribution in [1.29, 1.82) is 0 Å². The molecule has 0 radical (unpaired) electrons. The molecule has 0 aromatic carbocycles. The van der Waals surface area contributed by atoms with Gasteiger partial charge in [0.05, 0.1) is 19.3 Å². The van der Waals surface area contributed by atoms with E-state index in [9.17, 15) is 4.79 Å². The standard InChI is InChI=1S/C15H27NO3/c1-14(2,3)13(17)16-7-5-15(6-8-16)9-12(10-18-4)19-11-15/h12H,5-11H2,1-4H3. The summed E-state index contributed by atoms with van der Waals surface area (Å²) in [5.74, 6) is 0.273. The number of amides is 1. The number of likely N-dealkylation sites (tertiary alicyclic amines) is 1. The normalized spacial score (nSPS) is 26.9. The van der Waals surface area contributed by atoms with Gasteiger partial charge in [0.15, 0.2) is 0 Å². The maximum Gasteiger partial charge on any atom is 0.227 e. The molecule has 110 valence electrons. The van der Waals surface area contributed by atoms with Gasteiger partial charge in [-0.1, -0.05) is 20.8 Å². The van der Waals surface area contributed by atoms with Crippen molar-refractivity contribution in [1.82, 2.24) is 4.90 Å². The number of nitrogens with zero attached hydrogens (tertiary/aromatic N) is 1. The van der Waals surface area contributed by atoms with Crippen LogP contribution in [-0.4, -0.2) is 50.3 Å². The molecular weight excluding hydrogens is 242 g/mol. The lowest BCUT2D eigenvalue weighted by Gasteiger charge is -2.40. The summed E-state index contributed by atoms with van der Waals surface area (Å²) >= 11 is 0. The number of ether oxygens (including phenoxy) is 2. The van der Waals surface area contributed by atoms with Gasteiger partial charge in [-0.15, -0.1) is 0 Å². The fraction of sp³-hybridized carbons (Fsp3) is 0.933. The van der Waals surface area contributed by atoms with Crippen LogP contribution in [0.25, 0.3) is 0 Å². The molecule has 0 aromatic rings. The Kier molecular flexibility index (Phi) is 4.21. The summed E-state index contributed by atoms with van der Waals surface area (Å²) in [5.41, 5.74) is 0.0210. The molecule has 0 saturated carbocycles. The number of methoxy groups -OCH3 is 1. The summed E-state index contributed by atoms with van der Waals surface area (Å²) in [7, 11) is 1.72. The minimum absolute atomic E-state index is 0.245. The molecule has 0 aliphatic carbocycles. The van der Waals surface area contributed by atoms with Crippen molar-refractivity contribution in [3.63, 3.8) is 0 Å². The molecule has 19 heavy (non-hydrogen) atoms. The highest BCUT2D eigenvalue weighted by atomic mass is 16.5. The Hall–Kier alpha value is -0.610. The zero-order valence-corrected chi connectivity index (χ0v) is 12.7. The first-order valence-corrected chi connectivity index (χ1v) is 7.26. The predicted octanol–water partition coefficient (Wildman–Crippen LogP) is 2.08. The molecule has 2 rings (SSSR count). The summed E-state index contributed by atoms with van der Waals surface area (Å²) in [6.07, 6.45) is 3.46. The Bertz CT molecular complexity index is 327. The van der Waals surface area contributed by atoms with Crippen molar-refractivity contribution >= 4 is 5.91 Å². The second-order valence-corrected chi connectivity index (χ2v) is 7.13. The van der Waals surface area contributed by atoms with Gasteiger partial charge >= 0.3 is 0 Å². The molecule has 1 unspecified atom stereocenters. The van der Waals surface area contributed by atoms with Crippen molar-refractivity contribution in [2.45, 2.75) is 46.1 Å². The van der Waals surface area contributed by atoms with Crippen molar-refractivity contribution < 1.29 is 14.3 Å². The number of rotatable bonds is 2. The van der Waals surface area contributed by atoms with Gasteiger partial charge in [-0.2, -0.15) is 0 Å². The largest absolute Gasteiger partial charge is 0.382 e. The first kappa shape index (κ1) is 14.8. The van der Waals surface area contributed by atoms with E-state index in [1.807, 2.05) is 25.7 Å². The second-order valence-electron chi connectivity index (χ2n) is 7.13. The van der Waals surface area contributed by atoms with Gasteiger partial charge < -0.3 is 14.4 Å². The van der Waals surface area contributed by atoms with E-state index in [4.69, 9.17) is 9.47 Å². The number of hydrogen-bond acceptors (Lipinski definition) is 3. The summed E-state index contributed by atoms with van der Waals surface area (Å²) in [5, 5.41) is 0. The molecule has 1 spiro atoms. The Morgan fingerprint density at radius 2 is 2.00 bits per heavy atom. The van der Waals surface area contributed by atoms with Crippen LogP contribution >= 0.6 is 0 Å². The van der Waals surface area contributed by atoms with E-state index >= 15 is 0 Å². The highest BCUT2D eigenvalue weighted by Crippen LogP contribution is 2.42. The molecule has 1 atom stereocenters. The van der Waals surface area contributed by atoms with E-state index in [1.54, 1.807) is 7.11 Å². The first-order chi connectivity index (χ1) is 8.86. The molecular formula is C15H27NO3. The van der Waals surface area contributed by atoms with Gasteiger partial charge in [0.1, 0.15) is 0 Å². The van der Waals surface area contributed by atoms with Crippen LogP contribution in [0.15, 0.2) is 0 Å². The zero-order valence-electron chi connectivity index (χ0n) is 12.7. The van der Waals surface area contributed by atoms with Gasteiger partial charge in [0.25, 0.3) is 0 Å². The van der Waals surface area contributed by atoms with Gasteiger partial charge in [-0.05, 0) is 24.7 Å². The Labute approximate surface area is 116 Å². The number of piperidine rings is 1. The SMILES string of the molecule is COCC1CC2(CCN(C(=O)C(C)(C)C)CC2)CO1.